The Morgan fingerprint density at radius 2 is 0.694 bits per heavy atom. The number of hydrogen-bond donors (Lipinski definition) is 0. The number of hydrogen-bond acceptors (Lipinski definition) is 9. The third-order valence-corrected chi connectivity index (χ3v) is 4.86. The Labute approximate surface area is 220 Å². The Morgan fingerprint density at radius 1 is 0.417 bits per heavy atom. The van der Waals surface area contributed by atoms with Crippen LogP contribution in [0.2, 0.25) is 0 Å². The van der Waals surface area contributed by atoms with E-state index in [1.54, 1.807) is 0 Å². The molecule has 9 nitrogen and oxygen atoms in total. The Morgan fingerprint density at radius 3 is 0.889 bits per heavy atom. The Bertz CT molecular complexity index is 737. The van der Waals surface area contributed by atoms with Crippen molar-refractivity contribution >= 4 is 0 Å². The standard InChI is InChI=1S/3C8H14N2O.3CH4/c2*1-5(2)7-8(6(3)4)11-10-9-7;1-5(2)7-8(6(3)4)10-11-9-7;;;/h3*5-6H,1-4H3;3*1H4. The van der Waals surface area contributed by atoms with E-state index < -0.39 is 0 Å². The van der Waals surface area contributed by atoms with E-state index in [1.165, 1.54) is 0 Å². The summed E-state index contributed by atoms with van der Waals surface area (Å²) in [6.07, 6.45) is 0. The van der Waals surface area contributed by atoms with Crippen LogP contribution < -0.4 is 0 Å². The van der Waals surface area contributed by atoms with E-state index in [9.17, 15) is 0 Å². The molecule has 9 heteroatoms. The van der Waals surface area contributed by atoms with E-state index in [1.807, 2.05) is 0 Å². The van der Waals surface area contributed by atoms with Gasteiger partial charge in [-0.05, 0) is 0 Å². The zero-order valence-electron chi connectivity index (χ0n) is 22.4. The van der Waals surface area contributed by atoms with Crippen LogP contribution in [0.4, 0.5) is 0 Å². The molecule has 0 aliphatic heterocycles. The minimum Gasteiger partial charge on any atom is -0.342 e. The van der Waals surface area contributed by atoms with Crippen molar-refractivity contribution < 1.29 is 13.7 Å². The molecule has 0 saturated carbocycles. The molecule has 36 heavy (non-hydrogen) atoms. The van der Waals surface area contributed by atoms with Gasteiger partial charge in [-0.1, -0.05) is 116 Å². The van der Waals surface area contributed by atoms with Gasteiger partial charge in [0.25, 0.3) is 0 Å². The summed E-state index contributed by atoms with van der Waals surface area (Å²) in [4.78, 5) is 0. The summed E-state index contributed by atoms with van der Waals surface area (Å²) in [6, 6.07) is 0. The van der Waals surface area contributed by atoms with Crippen LogP contribution in [0, 0.1) is 0 Å². The fourth-order valence-electron chi connectivity index (χ4n) is 3.02. The average molecular weight is 511 g/mol. The first kappa shape index (κ1) is 38.0. The third kappa shape index (κ3) is 11.0. The molecule has 3 aromatic heterocycles. The van der Waals surface area contributed by atoms with Crippen molar-refractivity contribution in [2.24, 2.45) is 0 Å². The van der Waals surface area contributed by atoms with Gasteiger partial charge >= 0.3 is 0 Å². The van der Waals surface area contributed by atoms with Crippen LogP contribution in [0.15, 0.2) is 13.7 Å². The van der Waals surface area contributed by atoms with Crippen LogP contribution in [-0.4, -0.2) is 31.1 Å². The van der Waals surface area contributed by atoms with Crippen LogP contribution >= 0.6 is 0 Å². The largest absolute Gasteiger partial charge is 0.342 e. The topological polar surface area (TPSA) is 117 Å². The molecule has 0 spiro atoms. The SMILES string of the molecule is C.C.C.CC(C)c1nnoc1C(C)C.CC(C)c1nnoc1C(C)C.CC(C)c1nonc1C(C)C. The fourth-order valence-corrected chi connectivity index (χ4v) is 3.02. The van der Waals surface area contributed by atoms with Crippen LogP contribution in [0.25, 0.3) is 0 Å². The minimum absolute atomic E-state index is 0. The van der Waals surface area contributed by atoms with Gasteiger partial charge < -0.3 is 9.05 Å². The van der Waals surface area contributed by atoms with Gasteiger partial charge in [0.1, 0.15) is 22.8 Å². The first-order valence-electron chi connectivity index (χ1n) is 11.8. The van der Waals surface area contributed by atoms with Crippen molar-refractivity contribution in [3.8, 4) is 0 Å². The van der Waals surface area contributed by atoms with Gasteiger partial charge in [-0.3, -0.25) is 0 Å². The maximum absolute atomic E-state index is 5.03. The molecular formula is C27H54N6O3. The lowest BCUT2D eigenvalue weighted by atomic mass is 10.0. The third-order valence-electron chi connectivity index (χ3n) is 4.86. The average Bonchev–Trinajstić information content (AvgIpc) is 3.48. The second kappa shape index (κ2) is 17.8. The van der Waals surface area contributed by atoms with E-state index in [4.69, 9.17) is 9.05 Å². The van der Waals surface area contributed by atoms with E-state index >= 15 is 0 Å². The van der Waals surface area contributed by atoms with Crippen molar-refractivity contribution in [3.05, 3.63) is 34.3 Å². The van der Waals surface area contributed by atoms with Crippen LogP contribution in [0.5, 0.6) is 0 Å². The van der Waals surface area contributed by atoms with Gasteiger partial charge in [0.15, 0.2) is 11.5 Å². The normalized spacial score (nSPS) is 10.5. The summed E-state index contributed by atoms with van der Waals surface area (Å²) in [7, 11) is 0. The van der Waals surface area contributed by atoms with Gasteiger partial charge in [-0.15, -0.1) is 10.2 Å². The summed E-state index contributed by atoms with van der Waals surface area (Å²) in [5.41, 5.74) is 3.94. The van der Waals surface area contributed by atoms with Gasteiger partial charge in [0.05, 0.1) is 0 Å². The first-order valence-corrected chi connectivity index (χ1v) is 11.8. The molecule has 0 unspecified atom stereocenters. The molecule has 0 aromatic carbocycles. The predicted octanol–water partition coefficient (Wildman–Crippen LogP) is 8.86. The molecule has 0 fully saturated rings. The smallest absolute Gasteiger partial charge is 0.163 e. The second-order valence-corrected chi connectivity index (χ2v) is 10.0. The second-order valence-electron chi connectivity index (χ2n) is 10.0. The van der Waals surface area contributed by atoms with Crippen molar-refractivity contribution in [2.45, 2.75) is 141 Å². The number of nitrogens with zero attached hydrogens (tertiary/aromatic N) is 6. The maximum atomic E-state index is 5.03. The highest BCUT2D eigenvalue weighted by molar-refractivity contribution is 5.15. The Hall–Kier alpha value is -2.58. The summed E-state index contributed by atoms with van der Waals surface area (Å²) in [5.74, 6) is 4.19. The van der Waals surface area contributed by atoms with Crippen molar-refractivity contribution in [1.29, 1.82) is 0 Å². The number of aromatic nitrogens is 6. The van der Waals surface area contributed by atoms with Gasteiger partial charge in [-0.2, -0.15) is 0 Å². The van der Waals surface area contributed by atoms with Crippen molar-refractivity contribution in [2.75, 3.05) is 0 Å². The van der Waals surface area contributed by atoms with Crippen LogP contribution in [0.3, 0.4) is 0 Å². The van der Waals surface area contributed by atoms with Crippen LogP contribution in [0.1, 0.15) is 175 Å². The Balaban J connectivity index is -0.000000436. The van der Waals surface area contributed by atoms with Gasteiger partial charge in [0.2, 0.25) is 0 Å². The maximum Gasteiger partial charge on any atom is 0.163 e. The molecule has 0 saturated heterocycles. The molecule has 3 rings (SSSR count). The highest BCUT2D eigenvalue weighted by Crippen LogP contribution is 2.24. The van der Waals surface area contributed by atoms with Gasteiger partial charge in [0, 0.05) is 46.1 Å². The summed E-state index contributed by atoms with van der Waals surface area (Å²) >= 11 is 0. The summed E-state index contributed by atoms with van der Waals surface area (Å²) < 4.78 is 14.7. The predicted molar refractivity (Wildman–Crippen MR) is 148 cm³/mol. The van der Waals surface area contributed by atoms with Crippen molar-refractivity contribution in [3.63, 3.8) is 0 Å². The molecule has 0 bridgehead atoms. The lowest BCUT2D eigenvalue weighted by Gasteiger charge is -2.03. The highest BCUT2D eigenvalue weighted by Gasteiger charge is 2.17. The summed E-state index contributed by atoms with van der Waals surface area (Å²) in [5, 5.41) is 22.6. The molecule has 0 aliphatic carbocycles. The van der Waals surface area contributed by atoms with E-state index in [0.717, 1.165) is 34.3 Å². The quantitative estimate of drug-likeness (QED) is 0.320. The lowest BCUT2D eigenvalue weighted by Crippen LogP contribution is -1.96. The zero-order chi connectivity index (χ0) is 25.3. The van der Waals surface area contributed by atoms with E-state index in [-0.39, 0.29) is 22.3 Å². The molecule has 210 valence electrons. The molecule has 0 aliphatic rings. The molecule has 0 radical (unpaired) electrons. The molecule has 0 atom stereocenters. The van der Waals surface area contributed by atoms with E-state index in [0.29, 0.717) is 35.5 Å². The van der Waals surface area contributed by atoms with Crippen LogP contribution in [-0.2, 0) is 0 Å². The van der Waals surface area contributed by atoms with Gasteiger partial charge in [-0.25, -0.2) is 4.63 Å². The van der Waals surface area contributed by atoms with Crippen molar-refractivity contribution in [1.82, 2.24) is 31.1 Å². The fraction of sp³-hybridized carbons (Fsp3) is 0.778. The molecule has 0 N–H and O–H groups in total. The number of rotatable bonds is 6. The minimum atomic E-state index is 0. The summed E-state index contributed by atoms with van der Waals surface area (Å²) in [6.45, 7) is 25.0. The van der Waals surface area contributed by atoms with E-state index in [2.05, 4.69) is 119 Å². The lowest BCUT2D eigenvalue weighted by molar-refractivity contribution is 0.298. The molecule has 3 aromatic rings. The Kier molecular flexibility index (Phi) is 18.8. The highest BCUT2D eigenvalue weighted by atomic mass is 16.6. The molecular weight excluding hydrogens is 456 g/mol. The molecule has 3 heterocycles. The molecule has 0 amide bonds. The zero-order valence-corrected chi connectivity index (χ0v) is 22.4. The monoisotopic (exact) mass is 510 g/mol. The first-order chi connectivity index (χ1) is 15.4.